The second kappa shape index (κ2) is 11.0. The molecular weight excluding hydrogens is 388 g/mol. The monoisotopic (exact) mass is 418 g/mol. The molecular formula is C22H30N2O4S. The highest BCUT2D eigenvalue weighted by molar-refractivity contribution is 7.88. The summed E-state index contributed by atoms with van der Waals surface area (Å²) in [6, 6.07) is 17.2. The van der Waals surface area contributed by atoms with Gasteiger partial charge in [0.2, 0.25) is 15.9 Å². The Morgan fingerprint density at radius 2 is 1.76 bits per heavy atom. The number of ether oxygens (including phenoxy) is 1. The Bertz CT molecular complexity index is 883. The minimum atomic E-state index is -3.49. The molecule has 0 fully saturated rings. The van der Waals surface area contributed by atoms with Crippen LogP contribution in [0.5, 0.6) is 5.75 Å². The first-order valence-corrected chi connectivity index (χ1v) is 11.6. The van der Waals surface area contributed by atoms with Gasteiger partial charge in [-0.2, -0.15) is 4.31 Å². The second-order valence-electron chi connectivity index (χ2n) is 7.28. The fourth-order valence-corrected chi connectivity index (χ4v) is 3.60. The molecule has 0 saturated heterocycles. The molecule has 2 rings (SSSR count). The van der Waals surface area contributed by atoms with E-state index in [9.17, 15) is 13.2 Å². The van der Waals surface area contributed by atoms with Crippen molar-refractivity contribution in [1.29, 1.82) is 0 Å². The van der Waals surface area contributed by atoms with E-state index in [1.807, 2.05) is 68.4 Å². The van der Waals surface area contributed by atoms with E-state index in [1.54, 1.807) is 0 Å². The molecule has 158 valence electrons. The molecule has 1 N–H and O–H groups in total. The van der Waals surface area contributed by atoms with Gasteiger partial charge in [-0.25, -0.2) is 8.42 Å². The van der Waals surface area contributed by atoms with Gasteiger partial charge in [-0.05, 0) is 49.9 Å². The lowest BCUT2D eigenvalue weighted by molar-refractivity contribution is -0.121. The molecule has 0 spiro atoms. The molecule has 0 saturated carbocycles. The maximum atomic E-state index is 12.2. The molecule has 0 atom stereocenters. The van der Waals surface area contributed by atoms with Gasteiger partial charge in [0.05, 0.1) is 18.9 Å². The number of amides is 1. The van der Waals surface area contributed by atoms with Gasteiger partial charge < -0.3 is 10.1 Å². The van der Waals surface area contributed by atoms with Crippen molar-refractivity contribution in [3.05, 3.63) is 65.7 Å². The molecule has 2 aromatic carbocycles. The number of nitrogens with zero attached hydrogens (tertiary/aromatic N) is 1. The predicted molar refractivity (Wildman–Crippen MR) is 115 cm³/mol. The van der Waals surface area contributed by atoms with E-state index >= 15 is 0 Å². The zero-order valence-corrected chi connectivity index (χ0v) is 18.1. The summed E-state index contributed by atoms with van der Waals surface area (Å²) in [5.41, 5.74) is 1.98. The first-order valence-electron chi connectivity index (χ1n) is 9.75. The molecule has 6 nitrogen and oxygen atoms in total. The summed E-state index contributed by atoms with van der Waals surface area (Å²) in [5, 5.41) is 2.81. The molecule has 7 heteroatoms. The van der Waals surface area contributed by atoms with E-state index in [1.165, 1.54) is 4.31 Å². The molecule has 0 bridgehead atoms. The van der Waals surface area contributed by atoms with Crippen LogP contribution in [0.15, 0.2) is 54.6 Å². The lowest BCUT2D eigenvalue weighted by atomic mass is 10.1. The topological polar surface area (TPSA) is 75.7 Å². The van der Waals surface area contributed by atoms with Crippen molar-refractivity contribution in [2.75, 3.05) is 19.3 Å². The van der Waals surface area contributed by atoms with Crippen LogP contribution in [0.4, 0.5) is 0 Å². The van der Waals surface area contributed by atoms with Crippen LogP contribution in [0.3, 0.4) is 0 Å². The Kier molecular flexibility index (Phi) is 8.67. The van der Waals surface area contributed by atoms with E-state index in [-0.39, 0.29) is 25.1 Å². The van der Waals surface area contributed by atoms with Crippen LogP contribution < -0.4 is 10.1 Å². The molecule has 0 aliphatic rings. The lowest BCUT2D eigenvalue weighted by Gasteiger charge is -2.19. The molecule has 0 radical (unpaired) electrons. The number of hydrogen-bond acceptors (Lipinski definition) is 4. The average Bonchev–Trinajstić information content (AvgIpc) is 2.65. The number of nitrogens with one attached hydrogen (secondary N) is 1. The van der Waals surface area contributed by atoms with E-state index in [0.717, 1.165) is 36.0 Å². The SMILES string of the molecule is CC(C)Oc1cccc(CCCNC(=O)CN(Cc2ccccc2)S(C)(=O)=O)c1. The minimum absolute atomic E-state index is 0.123. The quantitative estimate of drug-likeness (QED) is 0.569. The van der Waals surface area contributed by atoms with E-state index in [0.29, 0.717) is 6.54 Å². The Morgan fingerprint density at radius 3 is 2.41 bits per heavy atom. The number of carbonyl (C=O) groups is 1. The summed E-state index contributed by atoms with van der Waals surface area (Å²) in [6.07, 6.45) is 2.80. The van der Waals surface area contributed by atoms with Crippen molar-refractivity contribution in [3.63, 3.8) is 0 Å². The fraction of sp³-hybridized carbons (Fsp3) is 0.409. The Morgan fingerprint density at radius 1 is 1.07 bits per heavy atom. The summed E-state index contributed by atoms with van der Waals surface area (Å²) >= 11 is 0. The zero-order valence-electron chi connectivity index (χ0n) is 17.3. The highest BCUT2D eigenvalue weighted by Crippen LogP contribution is 2.16. The normalized spacial score (nSPS) is 11.6. The molecule has 29 heavy (non-hydrogen) atoms. The van der Waals surface area contributed by atoms with Crippen molar-refractivity contribution in [2.45, 2.75) is 39.3 Å². The maximum Gasteiger partial charge on any atom is 0.235 e. The predicted octanol–water partition coefficient (Wildman–Crippen LogP) is 2.98. The highest BCUT2D eigenvalue weighted by atomic mass is 32.2. The van der Waals surface area contributed by atoms with Crippen LogP contribution in [-0.2, 0) is 27.8 Å². The van der Waals surface area contributed by atoms with Gasteiger partial charge in [-0.15, -0.1) is 0 Å². The zero-order chi connectivity index (χ0) is 21.3. The Balaban J connectivity index is 1.80. The number of sulfonamides is 1. The van der Waals surface area contributed by atoms with Gasteiger partial charge in [0.15, 0.2) is 0 Å². The fourth-order valence-electron chi connectivity index (χ4n) is 2.86. The summed E-state index contributed by atoms with van der Waals surface area (Å²) in [7, 11) is -3.49. The van der Waals surface area contributed by atoms with E-state index in [4.69, 9.17) is 4.74 Å². The third-order valence-electron chi connectivity index (χ3n) is 4.23. The van der Waals surface area contributed by atoms with Crippen molar-refractivity contribution in [3.8, 4) is 5.75 Å². The van der Waals surface area contributed by atoms with Crippen LogP contribution in [0.2, 0.25) is 0 Å². The average molecular weight is 419 g/mol. The van der Waals surface area contributed by atoms with Gasteiger partial charge in [0.1, 0.15) is 5.75 Å². The van der Waals surface area contributed by atoms with Crippen molar-refractivity contribution >= 4 is 15.9 Å². The van der Waals surface area contributed by atoms with Crippen LogP contribution in [0.25, 0.3) is 0 Å². The van der Waals surface area contributed by atoms with Crippen LogP contribution >= 0.6 is 0 Å². The van der Waals surface area contributed by atoms with Gasteiger partial charge in [-0.1, -0.05) is 42.5 Å². The van der Waals surface area contributed by atoms with Crippen molar-refractivity contribution < 1.29 is 17.9 Å². The van der Waals surface area contributed by atoms with Crippen molar-refractivity contribution in [2.24, 2.45) is 0 Å². The van der Waals surface area contributed by atoms with Gasteiger partial charge in [0.25, 0.3) is 0 Å². The number of hydrogen-bond donors (Lipinski definition) is 1. The molecule has 1 amide bonds. The number of aryl methyl sites for hydroxylation is 1. The number of rotatable bonds is 11. The van der Waals surface area contributed by atoms with Gasteiger partial charge in [0, 0.05) is 13.1 Å². The van der Waals surface area contributed by atoms with E-state index < -0.39 is 10.0 Å². The van der Waals surface area contributed by atoms with E-state index in [2.05, 4.69) is 5.32 Å². The van der Waals surface area contributed by atoms with Crippen LogP contribution in [0.1, 0.15) is 31.4 Å². The third kappa shape index (κ3) is 8.66. The minimum Gasteiger partial charge on any atom is -0.491 e. The smallest absolute Gasteiger partial charge is 0.235 e. The standard InChI is InChI=1S/C22H30N2O4S/c1-18(2)28-21-13-7-11-19(15-21)12-8-14-23-22(25)17-24(29(3,26)27)16-20-9-5-4-6-10-20/h4-7,9-11,13,15,18H,8,12,14,16-17H2,1-3H3,(H,23,25). The molecule has 0 aliphatic carbocycles. The summed E-state index contributed by atoms with van der Waals surface area (Å²) in [6.45, 7) is 4.44. The van der Waals surface area contributed by atoms with Gasteiger partial charge in [-0.3, -0.25) is 4.79 Å². The first kappa shape index (κ1) is 22.9. The third-order valence-corrected chi connectivity index (χ3v) is 5.42. The first-order chi connectivity index (χ1) is 13.7. The summed E-state index contributed by atoms with van der Waals surface area (Å²) < 4.78 is 30.9. The largest absolute Gasteiger partial charge is 0.491 e. The van der Waals surface area contributed by atoms with Crippen LogP contribution in [0, 0.1) is 0 Å². The molecule has 2 aromatic rings. The summed E-state index contributed by atoms with van der Waals surface area (Å²) in [4.78, 5) is 12.2. The van der Waals surface area contributed by atoms with Crippen LogP contribution in [-0.4, -0.2) is 44.1 Å². The van der Waals surface area contributed by atoms with Crippen molar-refractivity contribution in [1.82, 2.24) is 9.62 Å². The number of carbonyl (C=O) groups excluding carboxylic acids is 1. The molecule has 0 aliphatic heterocycles. The molecule has 0 unspecified atom stereocenters. The number of benzene rings is 2. The maximum absolute atomic E-state index is 12.2. The molecule has 0 heterocycles. The summed E-state index contributed by atoms with van der Waals surface area (Å²) in [5.74, 6) is 0.537. The van der Waals surface area contributed by atoms with Gasteiger partial charge >= 0.3 is 0 Å². The second-order valence-corrected chi connectivity index (χ2v) is 9.27. The lowest BCUT2D eigenvalue weighted by Crippen LogP contribution is -2.40. The highest BCUT2D eigenvalue weighted by Gasteiger charge is 2.20. The Labute approximate surface area is 173 Å². The Hall–Kier alpha value is -2.38. The molecule has 0 aromatic heterocycles.